The Kier molecular flexibility index (Phi) is 3.06. The van der Waals surface area contributed by atoms with Crippen LogP contribution >= 0.6 is 0 Å². The highest BCUT2D eigenvalue weighted by Crippen LogP contribution is 2.21. The molecule has 72 valence electrons. The lowest BCUT2D eigenvalue weighted by Crippen LogP contribution is -2.26. The normalized spacial score (nSPS) is 25.5. The molecule has 1 rings (SSSR count). The van der Waals surface area contributed by atoms with Crippen LogP contribution in [-0.2, 0) is 0 Å². The van der Waals surface area contributed by atoms with Crippen LogP contribution in [0, 0.1) is 5.92 Å². The van der Waals surface area contributed by atoms with Gasteiger partial charge in [-0.2, -0.15) is 5.10 Å². The van der Waals surface area contributed by atoms with Gasteiger partial charge < -0.3 is 5.73 Å². The first-order chi connectivity index (χ1) is 6.08. The molecule has 2 amide bonds. The first kappa shape index (κ1) is 9.77. The molecule has 4 heteroatoms. The number of hydrogen-bond acceptors (Lipinski definition) is 2. The summed E-state index contributed by atoms with van der Waals surface area (Å²) in [6.45, 7) is 4.23. The molecule has 0 radical (unpaired) electrons. The molecular weight excluding hydrogens is 166 g/mol. The molecule has 1 unspecified atom stereocenters. The van der Waals surface area contributed by atoms with Gasteiger partial charge in [-0.05, 0) is 31.8 Å². The molecule has 0 fully saturated rings. The summed E-state index contributed by atoms with van der Waals surface area (Å²) < 4.78 is 0. The highest BCUT2D eigenvalue weighted by Gasteiger charge is 2.12. The zero-order valence-electron chi connectivity index (χ0n) is 8.00. The molecule has 1 aliphatic carbocycles. The van der Waals surface area contributed by atoms with E-state index in [1.54, 1.807) is 0 Å². The largest absolute Gasteiger partial charge is 0.350 e. The Morgan fingerprint density at radius 3 is 2.92 bits per heavy atom. The summed E-state index contributed by atoms with van der Waals surface area (Å²) in [7, 11) is 0. The van der Waals surface area contributed by atoms with Gasteiger partial charge in [-0.15, -0.1) is 0 Å². The number of nitrogens with zero attached hydrogens (tertiary/aromatic N) is 1. The number of primary amides is 1. The minimum Gasteiger partial charge on any atom is -0.350 e. The van der Waals surface area contributed by atoms with Crippen molar-refractivity contribution in [1.82, 2.24) is 5.43 Å². The fourth-order valence-corrected chi connectivity index (χ4v) is 1.59. The van der Waals surface area contributed by atoms with Crippen molar-refractivity contribution in [2.24, 2.45) is 16.8 Å². The zero-order valence-corrected chi connectivity index (χ0v) is 8.00. The number of urea groups is 1. The summed E-state index contributed by atoms with van der Waals surface area (Å²) in [4.78, 5) is 10.4. The number of allylic oxidation sites excluding steroid dienone is 2. The predicted octanol–water partition coefficient (Wildman–Crippen LogP) is 1.39. The van der Waals surface area contributed by atoms with Crippen LogP contribution in [-0.4, -0.2) is 11.7 Å². The second-order valence-electron chi connectivity index (χ2n) is 3.58. The molecule has 13 heavy (non-hydrogen) atoms. The molecule has 0 aliphatic heterocycles. The number of hydrogen-bond donors (Lipinski definition) is 2. The fourth-order valence-electron chi connectivity index (χ4n) is 1.59. The van der Waals surface area contributed by atoms with Gasteiger partial charge in [-0.3, -0.25) is 0 Å². The number of nitrogens with one attached hydrogen (secondary N) is 1. The molecule has 0 aromatic rings. The standard InChI is InChI=1S/C9H15N3O/c1-6-3-7(2)5-8(4-6)11-12-9(10)13/h4,7H,3,5H2,1-2H3,(H3,10,12,13)/b11-8+. The second kappa shape index (κ2) is 4.07. The molecular formula is C9H15N3O. The Hall–Kier alpha value is -1.32. The van der Waals surface area contributed by atoms with Crippen LogP contribution in [0.5, 0.6) is 0 Å². The van der Waals surface area contributed by atoms with E-state index < -0.39 is 6.03 Å². The van der Waals surface area contributed by atoms with E-state index in [1.807, 2.05) is 6.08 Å². The van der Waals surface area contributed by atoms with Crippen LogP contribution in [0.1, 0.15) is 26.7 Å². The van der Waals surface area contributed by atoms with Crippen molar-refractivity contribution in [1.29, 1.82) is 0 Å². The summed E-state index contributed by atoms with van der Waals surface area (Å²) in [5.74, 6) is 0.596. The van der Waals surface area contributed by atoms with Crippen LogP contribution in [0.15, 0.2) is 16.8 Å². The van der Waals surface area contributed by atoms with Crippen molar-refractivity contribution in [2.75, 3.05) is 0 Å². The first-order valence-corrected chi connectivity index (χ1v) is 4.37. The fraction of sp³-hybridized carbons (Fsp3) is 0.556. The van der Waals surface area contributed by atoms with Gasteiger partial charge >= 0.3 is 6.03 Å². The molecule has 0 spiro atoms. The van der Waals surface area contributed by atoms with Crippen LogP contribution in [0.2, 0.25) is 0 Å². The quantitative estimate of drug-likeness (QED) is 0.590. The van der Waals surface area contributed by atoms with Crippen molar-refractivity contribution in [3.05, 3.63) is 11.6 Å². The maximum Gasteiger partial charge on any atom is 0.332 e. The van der Waals surface area contributed by atoms with E-state index in [0.717, 1.165) is 18.6 Å². The van der Waals surface area contributed by atoms with E-state index in [0.29, 0.717) is 5.92 Å². The average molecular weight is 181 g/mol. The minimum atomic E-state index is -0.614. The van der Waals surface area contributed by atoms with E-state index >= 15 is 0 Å². The number of carbonyl (C=O) groups excluding carboxylic acids is 1. The summed E-state index contributed by atoms with van der Waals surface area (Å²) >= 11 is 0. The van der Waals surface area contributed by atoms with Gasteiger partial charge in [-0.1, -0.05) is 12.5 Å². The molecule has 1 atom stereocenters. The molecule has 4 nitrogen and oxygen atoms in total. The molecule has 0 saturated heterocycles. The van der Waals surface area contributed by atoms with Gasteiger partial charge in [0.2, 0.25) is 0 Å². The predicted molar refractivity (Wildman–Crippen MR) is 52.3 cm³/mol. The van der Waals surface area contributed by atoms with Crippen molar-refractivity contribution < 1.29 is 4.79 Å². The maximum absolute atomic E-state index is 10.4. The van der Waals surface area contributed by atoms with Gasteiger partial charge in [0.05, 0.1) is 5.71 Å². The monoisotopic (exact) mass is 181 g/mol. The van der Waals surface area contributed by atoms with Crippen molar-refractivity contribution in [2.45, 2.75) is 26.7 Å². The minimum absolute atomic E-state index is 0.596. The third-order valence-corrected chi connectivity index (χ3v) is 1.95. The van der Waals surface area contributed by atoms with Crippen LogP contribution < -0.4 is 11.2 Å². The highest BCUT2D eigenvalue weighted by molar-refractivity contribution is 5.96. The van der Waals surface area contributed by atoms with Crippen LogP contribution in [0.4, 0.5) is 4.79 Å². The lowest BCUT2D eigenvalue weighted by molar-refractivity contribution is 0.249. The highest BCUT2D eigenvalue weighted by atomic mass is 16.2. The van der Waals surface area contributed by atoms with Gasteiger partial charge in [0, 0.05) is 0 Å². The molecule has 3 N–H and O–H groups in total. The van der Waals surface area contributed by atoms with E-state index in [4.69, 9.17) is 5.73 Å². The average Bonchev–Trinajstić information content (AvgIpc) is 1.99. The van der Waals surface area contributed by atoms with Gasteiger partial charge in [0.1, 0.15) is 0 Å². The Morgan fingerprint density at radius 2 is 2.38 bits per heavy atom. The van der Waals surface area contributed by atoms with E-state index in [9.17, 15) is 4.79 Å². The molecule has 0 bridgehead atoms. The van der Waals surface area contributed by atoms with Gasteiger partial charge in [-0.25, -0.2) is 10.2 Å². The summed E-state index contributed by atoms with van der Waals surface area (Å²) in [6.07, 6.45) is 4.00. The molecule has 0 saturated carbocycles. The second-order valence-corrected chi connectivity index (χ2v) is 3.58. The number of amides is 2. The summed E-state index contributed by atoms with van der Waals surface area (Å²) in [5, 5.41) is 3.90. The molecule has 1 aliphatic rings. The van der Waals surface area contributed by atoms with E-state index in [2.05, 4.69) is 24.4 Å². The summed E-state index contributed by atoms with van der Waals surface area (Å²) in [5.41, 5.74) is 9.33. The topological polar surface area (TPSA) is 67.5 Å². The van der Waals surface area contributed by atoms with Gasteiger partial charge in [0.15, 0.2) is 0 Å². The zero-order chi connectivity index (χ0) is 9.84. The third-order valence-electron chi connectivity index (χ3n) is 1.95. The number of nitrogens with two attached hydrogens (primary N) is 1. The smallest absolute Gasteiger partial charge is 0.332 e. The molecule has 0 aromatic carbocycles. The Labute approximate surface area is 77.9 Å². The van der Waals surface area contributed by atoms with E-state index in [-0.39, 0.29) is 0 Å². The molecule has 0 aromatic heterocycles. The van der Waals surface area contributed by atoms with Gasteiger partial charge in [0.25, 0.3) is 0 Å². The Balaban J connectivity index is 2.64. The van der Waals surface area contributed by atoms with E-state index in [1.165, 1.54) is 5.57 Å². The maximum atomic E-state index is 10.4. The SMILES string of the molecule is CC1=C/C(=N\NC(N)=O)CC(C)C1. The Morgan fingerprint density at radius 1 is 1.69 bits per heavy atom. The number of rotatable bonds is 1. The van der Waals surface area contributed by atoms with Crippen LogP contribution in [0.25, 0.3) is 0 Å². The van der Waals surface area contributed by atoms with Crippen molar-refractivity contribution in [3.8, 4) is 0 Å². The number of carbonyl (C=O) groups is 1. The van der Waals surface area contributed by atoms with Crippen molar-refractivity contribution in [3.63, 3.8) is 0 Å². The molecule has 0 heterocycles. The number of hydrazone groups is 1. The van der Waals surface area contributed by atoms with Crippen molar-refractivity contribution >= 4 is 11.7 Å². The lowest BCUT2D eigenvalue weighted by Gasteiger charge is -2.17. The first-order valence-electron chi connectivity index (χ1n) is 4.37. The summed E-state index contributed by atoms with van der Waals surface area (Å²) in [6, 6.07) is -0.614. The van der Waals surface area contributed by atoms with Crippen LogP contribution in [0.3, 0.4) is 0 Å². The third kappa shape index (κ3) is 3.27. The Bertz CT molecular complexity index is 268. The lowest BCUT2D eigenvalue weighted by atomic mass is 9.90.